The van der Waals surface area contributed by atoms with Gasteiger partial charge in [0.1, 0.15) is 6.04 Å². The van der Waals surface area contributed by atoms with E-state index in [1.807, 2.05) is 0 Å². The molecule has 1 fully saturated rings. The molecule has 3 rings (SSSR count). The number of aliphatic carboxylic acids is 1. The number of carbonyl (C=O) groups is 4. The zero-order chi connectivity index (χ0) is 27.9. The van der Waals surface area contributed by atoms with Crippen molar-refractivity contribution in [2.24, 2.45) is 5.41 Å². The van der Waals surface area contributed by atoms with Gasteiger partial charge in [-0.1, -0.05) is 54.2 Å². The summed E-state index contributed by atoms with van der Waals surface area (Å²) < 4.78 is 4.72. The van der Waals surface area contributed by atoms with Crippen LogP contribution in [0.2, 0.25) is 10.0 Å². The van der Waals surface area contributed by atoms with Gasteiger partial charge in [-0.05, 0) is 49.1 Å². The van der Waals surface area contributed by atoms with E-state index in [0.717, 1.165) is 12.8 Å². The number of nitrogens with one attached hydrogen (secondary N) is 2. The number of nitrogens with zero attached hydrogens (tertiary/aromatic N) is 1. The number of ether oxygens (including phenoxy) is 1. The van der Waals surface area contributed by atoms with Crippen molar-refractivity contribution >= 4 is 52.8 Å². The van der Waals surface area contributed by atoms with Gasteiger partial charge in [0.2, 0.25) is 5.91 Å². The quantitative estimate of drug-likeness (QED) is 0.373. The normalized spacial score (nSPS) is 14.8. The highest BCUT2D eigenvalue weighted by Gasteiger charge is 2.42. The highest BCUT2D eigenvalue weighted by molar-refractivity contribution is 6.40. The predicted octanol–water partition coefficient (Wildman–Crippen LogP) is 5.01. The number of hydrogen-bond acceptors (Lipinski definition) is 5. The Morgan fingerprint density at radius 1 is 1.05 bits per heavy atom. The second-order valence-electron chi connectivity index (χ2n) is 9.45. The smallest absolute Gasteiger partial charge is 0.409 e. The van der Waals surface area contributed by atoms with Crippen molar-refractivity contribution < 1.29 is 29.0 Å². The van der Waals surface area contributed by atoms with Crippen molar-refractivity contribution in [2.45, 2.75) is 44.6 Å². The standard InChI is InChI=1S/C27H31Cl2N3O6/c1-32(26(37)38-2)15-14-27(12-3-4-13-27)25(36)31-21(24(34)35)16-17-8-10-18(11-9-17)30-23(33)22-19(28)6-5-7-20(22)29/h5-11,21H,3-4,12-16H2,1-2H3,(H,30,33)(H,31,36)(H,34,35)/t21-/m0/s1. The fourth-order valence-electron chi connectivity index (χ4n) is 4.65. The Balaban J connectivity index is 1.65. The summed E-state index contributed by atoms with van der Waals surface area (Å²) in [4.78, 5) is 51.1. The average Bonchev–Trinajstić information content (AvgIpc) is 3.37. The number of hydrogen-bond donors (Lipinski definition) is 3. The van der Waals surface area contributed by atoms with Gasteiger partial charge >= 0.3 is 12.1 Å². The van der Waals surface area contributed by atoms with E-state index in [1.165, 1.54) is 12.0 Å². The molecule has 9 nitrogen and oxygen atoms in total. The van der Waals surface area contributed by atoms with E-state index in [2.05, 4.69) is 10.6 Å². The van der Waals surface area contributed by atoms with Crippen LogP contribution in [-0.2, 0) is 20.7 Å². The van der Waals surface area contributed by atoms with Crippen molar-refractivity contribution in [1.29, 1.82) is 0 Å². The first-order valence-corrected chi connectivity index (χ1v) is 13.0. The second-order valence-corrected chi connectivity index (χ2v) is 10.3. The number of carboxylic acids is 1. The maximum Gasteiger partial charge on any atom is 0.409 e. The van der Waals surface area contributed by atoms with Crippen LogP contribution in [0, 0.1) is 5.41 Å². The minimum atomic E-state index is -1.15. The van der Waals surface area contributed by atoms with Crippen LogP contribution in [0.25, 0.3) is 0 Å². The molecule has 0 aromatic heterocycles. The zero-order valence-corrected chi connectivity index (χ0v) is 22.8. The monoisotopic (exact) mass is 563 g/mol. The van der Waals surface area contributed by atoms with Crippen LogP contribution in [0.4, 0.5) is 10.5 Å². The molecule has 2 aromatic rings. The fourth-order valence-corrected chi connectivity index (χ4v) is 5.22. The van der Waals surface area contributed by atoms with E-state index < -0.39 is 29.4 Å². The second kappa shape index (κ2) is 13.0. The summed E-state index contributed by atoms with van der Waals surface area (Å²) in [6, 6.07) is 10.3. The molecule has 38 heavy (non-hydrogen) atoms. The minimum absolute atomic E-state index is 0.0593. The Hall–Kier alpha value is -3.30. The summed E-state index contributed by atoms with van der Waals surface area (Å²) in [6.07, 6.45) is 2.97. The first-order valence-electron chi connectivity index (χ1n) is 12.2. The Morgan fingerprint density at radius 2 is 1.66 bits per heavy atom. The molecule has 1 aliphatic carbocycles. The van der Waals surface area contributed by atoms with Crippen molar-refractivity contribution in [1.82, 2.24) is 10.2 Å². The lowest BCUT2D eigenvalue weighted by molar-refractivity contribution is -0.144. The molecule has 204 valence electrons. The third-order valence-corrected chi connectivity index (χ3v) is 7.53. The molecule has 0 bridgehead atoms. The number of halogens is 2. The molecule has 3 amide bonds. The first-order chi connectivity index (χ1) is 18.1. The van der Waals surface area contributed by atoms with Crippen LogP contribution in [0.5, 0.6) is 0 Å². The van der Waals surface area contributed by atoms with Crippen molar-refractivity contribution in [3.63, 3.8) is 0 Å². The number of amides is 3. The average molecular weight is 564 g/mol. The van der Waals surface area contributed by atoms with Gasteiger partial charge in [0.25, 0.3) is 5.91 Å². The minimum Gasteiger partial charge on any atom is -0.480 e. The molecule has 1 atom stereocenters. The van der Waals surface area contributed by atoms with E-state index in [0.29, 0.717) is 37.1 Å². The molecule has 2 aromatic carbocycles. The topological polar surface area (TPSA) is 125 Å². The zero-order valence-electron chi connectivity index (χ0n) is 21.3. The molecular formula is C27H31Cl2N3O6. The summed E-state index contributed by atoms with van der Waals surface area (Å²) in [5.74, 6) is -1.94. The highest BCUT2D eigenvalue weighted by Crippen LogP contribution is 2.41. The Morgan fingerprint density at radius 3 is 2.21 bits per heavy atom. The lowest BCUT2D eigenvalue weighted by Crippen LogP contribution is -2.49. The van der Waals surface area contributed by atoms with E-state index in [-0.39, 0.29) is 27.9 Å². The summed E-state index contributed by atoms with van der Waals surface area (Å²) in [6.45, 7) is 0.324. The van der Waals surface area contributed by atoms with Gasteiger partial charge in [-0.15, -0.1) is 0 Å². The van der Waals surface area contributed by atoms with Gasteiger partial charge in [0.05, 0.1) is 28.1 Å². The molecule has 11 heteroatoms. The van der Waals surface area contributed by atoms with E-state index >= 15 is 0 Å². The van der Waals surface area contributed by atoms with Gasteiger partial charge < -0.3 is 25.4 Å². The third-order valence-electron chi connectivity index (χ3n) is 6.90. The largest absolute Gasteiger partial charge is 0.480 e. The molecule has 3 N–H and O–H groups in total. The molecule has 0 radical (unpaired) electrons. The van der Waals surface area contributed by atoms with Gasteiger partial charge in [-0.2, -0.15) is 0 Å². The van der Waals surface area contributed by atoms with Gasteiger partial charge in [0, 0.05) is 25.7 Å². The summed E-state index contributed by atoms with van der Waals surface area (Å²) >= 11 is 12.2. The lowest BCUT2D eigenvalue weighted by Gasteiger charge is -2.31. The lowest BCUT2D eigenvalue weighted by atomic mass is 9.81. The van der Waals surface area contributed by atoms with Crippen LogP contribution >= 0.6 is 23.2 Å². The maximum absolute atomic E-state index is 13.3. The molecule has 0 spiro atoms. The van der Waals surface area contributed by atoms with Gasteiger partial charge in [-0.3, -0.25) is 9.59 Å². The predicted molar refractivity (Wildman–Crippen MR) is 145 cm³/mol. The molecule has 0 aliphatic heterocycles. The number of rotatable bonds is 10. The van der Waals surface area contributed by atoms with E-state index in [4.69, 9.17) is 27.9 Å². The SMILES string of the molecule is COC(=O)N(C)CCC1(C(=O)N[C@@H](Cc2ccc(NC(=O)c3c(Cl)cccc3Cl)cc2)C(=O)O)CCCC1. The maximum atomic E-state index is 13.3. The van der Waals surface area contributed by atoms with Crippen LogP contribution in [0.3, 0.4) is 0 Å². The third kappa shape index (κ3) is 7.17. The van der Waals surface area contributed by atoms with Gasteiger partial charge in [-0.25, -0.2) is 9.59 Å². The molecule has 0 unspecified atom stereocenters. The van der Waals surface area contributed by atoms with Crippen LogP contribution in [0.1, 0.15) is 48.0 Å². The van der Waals surface area contributed by atoms with Crippen molar-refractivity contribution in [3.05, 3.63) is 63.6 Å². The van der Waals surface area contributed by atoms with E-state index in [9.17, 15) is 24.3 Å². The van der Waals surface area contributed by atoms with Crippen molar-refractivity contribution in [2.75, 3.05) is 26.0 Å². The highest BCUT2D eigenvalue weighted by atomic mass is 35.5. The number of benzene rings is 2. The van der Waals surface area contributed by atoms with Crippen LogP contribution in [0.15, 0.2) is 42.5 Å². The van der Waals surface area contributed by atoms with Gasteiger partial charge in [0.15, 0.2) is 0 Å². The number of carboxylic acid groups (broad SMARTS) is 1. The number of carbonyl (C=O) groups excluding carboxylic acids is 3. The molecular weight excluding hydrogens is 533 g/mol. The molecule has 0 heterocycles. The Kier molecular flexibility index (Phi) is 9.99. The summed E-state index contributed by atoms with van der Waals surface area (Å²) in [5.41, 5.74) is 0.569. The van der Waals surface area contributed by atoms with Crippen LogP contribution in [-0.4, -0.2) is 60.6 Å². The van der Waals surface area contributed by atoms with E-state index in [1.54, 1.807) is 49.5 Å². The number of methoxy groups -OCH3 is 1. The van der Waals surface area contributed by atoms with Crippen LogP contribution < -0.4 is 10.6 Å². The molecule has 1 aliphatic rings. The first kappa shape index (κ1) is 29.3. The fraction of sp³-hybridized carbons (Fsp3) is 0.407. The molecule has 0 saturated heterocycles. The molecule has 1 saturated carbocycles. The summed E-state index contributed by atoms with van der Waals surface area (Å²) in [7, 11) is 2.89. The Labute approximate surface area is 231 Å². The van der Waals surface area contributed by atoms with Crippen molar-refractivity contribution in [3.8, 4) is 0 Å². The summed E-state index contributed by atoms with van der Waals surface area (Å²) in [5, 5.41) is 15.7. The Bertz CT molecular complexity index is 1160. The number of anilines is 1.